The number of Topliss-reactive ketones (excluding diaryl/α,β-unsaturated/α-hetero) is 1. The van der Waals surface area contributed by atoms with Gasteiger partial charge in [-0.05, 0) is 44.8 Å². The summed E-state index contributed by atoms with van der Waals surface area (Å²) in [6, 6.07) is 0.0611. The van der Waals surface area contributed by atoms with E-state index >= 15 is 0 Å². The molecule has 1 spiro atoms. The zero-order chi connectivity index (χ0) is 15.3. The van der Waals surface area contributed by atoms with E-state index in [9.17, 15) is 15.0 Å². The van der Waals surface area contributed by atoms with E-state index in [1.807, 2.05) is 6.08 Å². The van der Waals surface area contributed by atoms with E-state index < -0.39 is 17.1 Å². The Morgan fingerprint density at radius 2 is 2.23 bits per heavy atom. The van der Waals surface area contributed by atoms with Gasteiger partial charge in [-0.15, -0.1) is 0 Å². The molecule has 0 aromatic heterocycles. The second kappa shape index (κ2) is 3.77. The second-order valence-electron chi connectivity index (χ2n) is 7.66. The summed E-state index contributed by atoms with van der Waals surface area (Å²) in [5, 5.41) is 21.9. The lowest BCUT2D eigenvalue weighted by atomic mass is 9.44. The Labute approximate surface area is 129 Å². The van der Waals surface area contributed by atoms with Gasteiger partial charge in [-0.2, -0.15) is 0 Å². The fourth-order valence-corrected chi connectivity index (χ4v) is 6.14. The van der Waals surface area contributed by atoms with Gasteiger partial charge in [-0.1, -0.05) is 6.08 Å². The largest absolute Gasteiger partial charge is 0.504 e. The number of hydrogen-bond acceptors (Lipinski definition) is 5. The average Bonchev–Trinajstić information content (AvgIpc) is 2.85. The molecule has 2 saturated carbocycles. The van der Waals surface area contributed by atoms with Crippen LogP contribution in [0.2, 0.25) is 0 Å². The third-order valence-corrected chi connectivity index (χ3v) is 7.04. The fraction of sp³-hybridized carbons (Fsp3) is 0.706. The number of aliphatic hydroxyl groups is 2. The number of ketones is 1. The van der Waals surface area contributed by atoms with Gasteiger partial charge in [0.25, 0.3) is 0 Å². The van der Waals surface area contributed by atoms with Gasteiger partial charge in [0.15, 0.2) is 17.6 Å². The molecular formula is C17H21NO4. The van der Waals surface area contributed by atoms with Crippen molar-refractivity contribution in [3.63, 3.8) is 0 Å². The third kappa shape index (κ3) is 1.17. The number of hydrogen-bond donors (Lipinski definition) is 2. The van der Waals surface area contributed by atoms with Gasteiger partial charge in [0.2, 0.25) is 0 Å². The number of likely N-dealkylation sites (N-methyl/N-ethyl adjacent to an activating group) is 1. The molecule has 2 bridgehead atoms. The van der Waals surface area contributed by atoms with Crippen LogP contribution in [0.5, 0.6) is 0 Å². The van der Waals surface area contributed by atoms with E-state index in [4.69, 9.17) is 4.74 Å². The lowest BCUT2D eigenvalue weighted by molar-refractivity contribution is -0.240. The Morgan fingerprint density at radius 3 is 3.05 bits per heavy atom. The SMILES string of the molecule is CN1CC[C@@]23C4C5=C(O)C=CC4C[C@@H]1[C@]2(O)CCC(=O)[C@@H]3O5. The topological polar surface area (TPSA) is 70.0 Å². The Morgan fingerprint density at radius 1 is 1.41 bits per heavy atom. The van der Waals surface area contributed by atoms with Crippen LogP contribution in [0.1, 0.15) is 25.7 Å². The van der Waals surface area contributed by atoms with Crippen LogP contribution in [0.4, 0.5) is 0 Å². The van der Waals surface area contributed by atoms with E-state index in [2.05, 4.69) is 11.9 Å². The van der Waals surface area contributed by atoms with E-state index in [1.54, 1.807) is 6.08 Å². The molecule has 2 saturated heterocycles. The first-order valence-corrected chi connectivity index (χ1v) is 8.22. The monoisotopic (exact) mass is 303 g/mol. The summed E-state index contributed by atoms with van der Waals surface area (Å²) >= 11 is 0. The molecule has 0 radical (unpaired) electrons. The molecule has 0 aromatic carbocycles. The van der Waals surface area contributed by atoms with Gasteiger partial charge < -0.3 is 19.8 Å². The lowest BCUT2D eigenvalue weighted by Gasteiger charge is -2.65. The molecule has 3 aliphatic carbocycles. The maximum atomic E-state index is 12.5. The standard InChI is InChI=1S/C17H21NO4/c1-18-7-6-16-13-9-2-3-10(19)14(13)22-15(16)11(20)4-5-17(16,21)12(18)8-9/h2-3,9,12-13,15,19,21H,4-8H2,1H3/t9?,12-,13?,15+,16+,17-/m1/s1. The van der Waals surface area contributed by atoms with Crippen LogP contribution < -0.4 is 0 Å². The molecule has 5 nitrogen and oxygen atoms in total. The van der Waals surface area contributed by atoms with Crippen LogP contribution in [-0.2, 0) is 9.53 Å². The predicted octanol–water partition coefficient (Wildman–Crippen LogP) is 1.15. The molecule has 6 atom stereocenters. The summed E-state index contributed by atoms with van der Waals surface area (Å²) in [5.41, 5.74) is -1.45. The zero-order valence-electron chi connectivity index (χ0n) is 12.7. The van der Waals surface area contributed by atoms with Crippen LogP contribution >= 0.6 is 0 Å². The predicted molar refractivity (Wildman–Crippen MR) is 77.9 cm³/mol. The lowest BCUT2D eigenvalue weighted by Crippen LogP contribution is -2.76. The van der Waals surface area contributed by atoms with Crippen molar-refractivity contribution in [1.82, 2.24) is 4.90 Å². The molecule has 5 heteroatoms. The highest BCUT2D eigenvalue weighted by atomic mass is 16.5. The highest BCUT2D eigenvalue weighted by Gasteiger charge is 2.76. The summed E-state index contributed by atoms with van der Waals surface area (Å²) < 4.78 is 6.00. The first-order chi connectivity index (χ1) is 10.5. The maximum Gasteiger partial charge on any atom is 0.174 e. The Balaban J connectivity index is 1.78. The number of allylic oxidation sites excluding steroid dienone is 3. The van der Waals surface area contributed by atoms with Gasteiger partial charge in [-0.25, -0.2) is 0 Å². The van der Waals surface area contributed by atoms with Crippen LogP contribution in [0.25, 0.3) is 0 Å². The smallest absolute Gasteiger partial charge is 0.174 e. The van der Waals surface area contributed by atoms with Crippen molar-refractivity contribution in [1.29, 1.82) is 0 Å². The molecule has 0 amide bonds. The van der Waals surface area contributed by atoms with E-state index in [0.717, 1.165) is 19.4 Å². The summed E-state index contributed by atoms with van der Waals surface area (Å²) in [6.07, 6.45) is 5.65. The minimum absolute atomic E-state index is 0.0540. The molecule has 22 heavy (non-hydrogen) atoms. The Bertz CT molecular complexity index is 641. The van der Waals surface area contributed by atoms with E-state index in [1.165, 1.54) is 0 Å². The first-order valence-electron chi connectivity index (χ1n) is 8.22. The molecule has 2 unspecified atom stereocenters. The minimum atomic E-state index is -0.896. The summed E-state index contributed by atoms with van der Waals surface area (Å²) in [4.78, 5) is 14.8. The van der Waals surface area contributed by atoms with Crippen molar-refractivity contribution in [2.75, 3.05) is 13.6 Å². The quantitative estimate of drug-likeness (QED) is 0.702. The highest BCUT2D eigenvalue weighted by Crippen LogP contribution is 2.68. The number of carbonyl (C=O) groups excluding carboxylic acids is 1. The second-order valence-corrected chi connectivity index (χ2v) is 7.66. The van der Waals surface area contributed by atoms with Gasteiger partial charge in [-0.3, -0.25) is 4.79 Å². The number of piperidine rings is 1. The molecule has 2 N–H and O–H groups in total. The minimum Gasteiger partial charge on any atom is -0.504 e. The van der Waals surface area contributed by atoms with Gasteiger partial charge in [0.1, 0.15) is 5.76 Å². The molecule has 0 aromatic rings. The van der Waals surface area contributed by atoms with Gasteiger partial charge in [0.05, 0.1) is 11.0 Å². The van der Waals surface area contributed by atoms with Crippen LogP contribution in [-0.4, -0.2) is 52.2 Å². The molecule has 118 valence electrons. The highest BCUT2D eigenvalue weighted by molar-refractivity contribution is 5.87. The Kier molecular flexibility index (Phi) is 2.25. The summed E-state index contributed by atoms with van der Waals surface area (Å²) in [6.45, 7) is 0.862. The van der Waals surface area contributed by atoms with Crippen molar-refractivity contribution < 1.29 is 19.7 Å². The van der Waals surface area contributed by atoms with Crippen molar-refractivity contribution in [3.05, 3.63) is 23.7 Å². The van der Waals surface area contributed by atoms with Crippen molar-refractivity contribution in [2.45, 2.75) is 43.4 Å². The van der Waals surface area contributed by atoms with E-state index in [-0.39, 0.29) is 29.4 Å². The zero-order valence-corrected chi connectivity index (χ0v) is 12.7. The van der Waals surface area contributed by atoms with Crippen LogP contribution in [0.3, 0.4) is 0 Å². The average molecular weight is 303 g/mol. The molecule has 2 aliphatic heterocycles. The molecule has 4 fully saturated rings. The van der Waals surface area contributed by atoms with Gasteiger partial charge in [0, 0.05) is 18.4 Å². The first kappa shape index (κ1) is 13.1. The summed E-state index contributed by atoms with van der Waals surface area (Å²) in [5.74, 6) is 0.951. The molecule has 5 aliphatic rings. The van der Waals surface area contributed by atoms with Crippen molar-refractivity contribution in [2.24, 2.45) is 17.3 Å². The fourth-order valence-electron chi connectivity index (χ4n) is 6.14. The van der Waals surface area contributed by atoms with Crippen LogP contribution in [0, 0.1) is 17.3 Å². The maximum absolute atomic E-state index is 12.5. The van der Waals surface area contributed by atoms with Gasteiger partial charge >= 0.3 is 0 Å². The summed E-state index contributed by atoms with van der Waals surface area (Å²) in [7, 11) is 2.07. The van der Waals surface area contributed by atoms with Crippen molar-refractivity contribution in [3.8, 4) is 0 Å². The number of likely N-dealkylation sites (tertiary alicyclic amines) is 1. The number of carbonyl (C=O) groups is 1. The van der Waals surface area contributed by atoms with E-state index in [0.29, 0.717) is 18.6 Å². The Hall–Kier alpha value is -1.33. The molecule has 5 rings (SSSR count). The molecular weight excluding hydrogens is 282 g/mol. The van der Waals surface area contributed by atoms with Crippen LogP contribution in [0.15, 0.2) is 23.7 Å². The number of nitrogens with zero attached hydrogens (tertiary/aromatic N) is 1. The number of rotatable bonds is 0. The molecule has 2 heterocycles. The third-order valence-electron chi connectivity index (χ3n) is 7.04. The normalized spacial score (nSPS) is 52.5. The van der Waals surface area contributed by atoms with Crippen molar-refractivity contribution >= 4 is 5.78 Å². The number of ether oxygens (including phenoxy) is 1. The number of aliphatic hydroxyl groups excluding tert-OH is 1.